The first kappa shape index (κ1) is 12.1. The number of H-pyrrole nitrogens is 1. The Hall–Kier alpha value is -1.97. The minimum absolute atomic E-state index is 0.0108. The maximum absolute atomic E-state index is 11.7. The molecule has 1 fully saturated rings. The number of nitrogen functional groups attached to an aromatic ring is 1. The molecule has 0 amide bonds. The van der Waals surface area contributed by atoms with Crippen molar-refractivity contribution in [2.24, 2.45) is 0 Å². The van der Waals surface area contributed by atoms with Crippen molar-refractivity contribution in [1.29, 1.82) is 0 Å². The monoisotopic (exact) mass is 267 g/mol. The molecule has 1 saturated heterocycles. The Morgan fingerprint density at radius 2 is 2.42 bits per heavy atom. The van der Waals surface area contributed by atoms with E-state index in [0.29, 0.717) is 5.39 Å². The number of aliphatic hydroxyl groups excluding tert-OH is 2. The summed E-state index contributed by atoms with van der Waals surface area (Å²) in [6.07, 6.45) is -0.182. The molecule has 0 saturated carbocycles. The van der Waals surface area contributed by atoms with Crippen molar-refractivity contribution in [3.05, 3.63) is 16.6 Å². The van der Waals surface area contributed by atoms with Crippen molar-refractivity contribution in [3.63, 3.8) is 0 Å². The first-order valence-corrected chi connectivity index (χ1v) is 5.77. The van der Waals surface area contributed by atoms with Gasteiger partial charge in [-0.2, -0.15) is 4.98 Å². The van der Waals surface area contributed by atoms with Gasteiger partial charge in [0.1, 0.15) is 11.5 Å². The molecule has 2 aromatic heterocycles. The van der Waals surface area contributed by atoms with Gasteiger partial charge in [0.25, 0.3) is 5.56 Å². The molecule has 2 aromatic rings. The van der Waals surface area contributed by atoms with Gasteiger partial charge in [-0.25, -0.2) is 4.68 Å². The molecule has 19 heavy (non-hydrogen) atoms. The number of nitrogens with zero attached hydrogens (tertiary/aromatic N) is 3. The number of aliphatic hydroxyl groups is 2. The van der Waals surface area contributed by atoms with Crippen LogP contribution in [0.1, 0.15) is 12.6 Å². The van der Waals surface area contributed by atoms with Crippen molar-refractivity contribution in [2.75, 3.05) is 12.3 Å². The number of nitrogens with two attached hydrogens (primary N) is 1. The molecule has 1 aliphatic rings. The highest BCUT2D eigenvalue weighted by Crippen LogP contribution is 2.28. The normalized spacial score (nSPS) is 27.2. The summed E-state index contributed by atoms with van der Waals surface area (Å²) in [4.78, 5) is 17.9. The average Bonchev–Trinajstić information content (AvgIpc) is 2.92. The molecule has 9 heteroatoms. The summed E-state index contributed by atoms with van der Waals surface area (Å²) < 4.78 is 6.85. The van der Waals surface area contributed by atoms with Crippen molar-refractivity contribution in [1.82, 2.24) is 19.7 Å². The summed E-state index contributed by atoms with van der Waals surface area (Å²) in [6, 6.07) is 0. The van der Waals surface area contributed by atoms with Crippen molar-refractivity contribution in [2.45, 2.75) is 24.9 Å². The van der Waals surface area contributed by atoms with E-state index in [2.05, 4.69) is 15.1 Å². The molecule has 3 heterocycles. The summed E-state index contributed by atoms with van der Waals surface area (Å²) in [5.74, 6) is -0.0108. The topological polar surface area (TPSA) is 139 Å². The smallest absolute Gasteiger partial charge is 0.263 e. The molecule has 102 valence electrons. The Labute approximate surface area is 106 Å². The summed E-state index contributed by atoms with van der Waals surface area (Å²) in [7, 11) is 0. The summed E-state index contributed by atoms with van der Waals surface area (Å²) >= 11 is 0. The summed E-state index contributed by atoms with van der Waals surface area (Å²) in [6.45, 7) is -0.274. The lowest BCUT2D eigenvalue weighted by molar-refractivity contribution is -0.0482. The van der Waals surface area contributed by atoms with Crippen LogP contribution in [0.2, 0.25) is 0 Å². The molecule has 0 aliphatic carbocycles. The SMILES string of the molecule is Nc1nc2nn([C@H]3CC(O)[C@@H](CO)O3)cc2c(=O)[nH]1. The lowest BCUT2D eigenvalue weighted by Crippen LogP contribution is -2.24. The number of fused-ring (bicyclic) bond motifs is 1. The van der Waals surface area contributed by atoms with Crippen LogP contribution in [0.3, 0.4) is 0 Å². The summed E-state index contributed by atoms with van der Waals surface area (Å²) in [5, 5.41) is 23.1. The van der Waals surface area contributed by atoms with Crippen LogP contribution in [-0.2, 0) is 4.74 Å². The number of nitrogens with one attached hydrogen (secondary N) is 1. The molecule has 3 atom stereocenters. The van der Waals surface area contributed by atoms with Gasteiger partial charge in [0, 0.05) is 12.6 Å². The predicted octanol–water partition coefficient (Wildman–Crippen LogP) is -1.66. The van der Waals surface area contributed by atoms with Crippen LogP contribution in [0.4, 0.5) is 5.95 Å². The third kappa shape index (κ3) is 1.97. The first-order valence-electron chi connectivity index (χ1n) is 5.77. The Morgan fingerprint density at radius 3 is 3.11 bits per heavy atom. The van der Waals surface area contributed by atoms with E-state index in [1.165, 1.54) is 10.9 Å². The van der Waals surface area contributed by atoms with Gasteiger partial charge in [-0.1, -0.05) is 0 Å². The van der Waals surface area contributed by atoms with Crippen molar-refractivity contribution >= 4 is 17.0 Å². The average molecular weight is 267 g/mol. The third-order valence-electron chi connectivity index (χ3n) is 3.10. The fourth-order valence-corrected chi connectivity index (χ4v) is 2.14. The number of aromatic nitrogens is 4. The number of ether oxygens (including phenoxy) is 1. The van der Waals surface area contributed by atoms with E-state index in [1.54, 1.807) is 0 Å². The lowest BCUT2D eigenvalue weighted by atomic mass is 10.2. The van der Waals surface area contributed by atoms with Crippen LogP contribution in [0.15, 0.2) is 11.0 Å². The van der Waals surface area contributed by atoms with Crippen molar-refractivity contribution in [3.8, 4) is 0 Å². The molecule has 1 unspecified atom stereocenters. The zero-order valence-corrected chi connectivity index (χ0v) is 9.85. The molecular weight excluding hydrogens is 254 g/mol. The molecule has 0 spiro atoms. The van der Waals surface area contributed by atoms with Crippen molar-refractivity contribution < 1.29 is 14.9 Å². The quantitative estimate of drug-likeness (QED) is 0.510. The fourth-order valence-electron chi connectivity index (χ4n) is 2.14. The second-order valence-electron chi connectivity index (χ2n) is 4.41. The highest BCUT2D eigenvalue weighted by molar-refractivity contribution is 5.73. The molecule has 0 bridgehead atoms. The third-order valence-corrected chi connectivity index (χ3v) is 3.10. The van der Waals surface area contributed by atoms with Gasteiger partial charge in [-0.3, -0.25) is 9.78 Å². The molecular formula is C10H13N5O4. The second-order valence-corrected chi connectivity index (χ2v) is 4.41. The van der Waals surface area contributed by atoms with E-state index >= 15 is 0 Å². The van der Waals surface area contributed by atoms with E-state index in [-0.39, 0.29) is 30.2 Å². The largest absolute Gasteiger partial charge is 0.394 e. The molecule has 3 rings (SSSR count). The Kier molecular flexibility index (Phi) is 2.73. The van der Waals surface area contributed by atoms with Crippen LogP contribution < -0.4 is 11.3 Å². The minimum atomic E-state index is -0.765. The van der Waals surface area contributed by atoms with Crippen LogP contribution in [-0.4, -0.2) is 48.8 Å². The van der Waals surface area contributed by atoms with Crippen LogP contribution in [0.25, 0.3) is 11.0 Å². The fraction of sp³-hybridized carbons (Fsp3) is 0.500. The minimum Gasteiger partial charge on any atom is -0.394 e. The summed E-state index contributed by atoms with van der Waals surface area (Å²) in [5.41, 5.74) is 5.26. The first-order chi connectivity index (χ1) is 9.08. The van der Waals surface area contributed by atoms with E-state index in [4.69, 9.17) is 15.6 Å². The van der Waals surface area contributed by atoms with E-state index < -0.39 is 18.4 Å². The highest BCUT2D eigenvalue weighted by atomic mass is 16.5. The van der Waals surface area contributed by atoms with Gasteiger partial charge in [-0.05, 0) is 0 Å². The van der Waals surface area contributed by atoms with Crippen LogP contribution >= 0.6 is 0 Å². The second kappa shape index (κ2) is 4.30. The van der Waals surface area contributed by atoms with Gasteiger partial charge in [0.05, 0.1) is 12.7 Å². The molecule has 5 N–H and O–H groups in total. The predicted molar refractivity (Wildman–Crippen MR) is 64.2 cm³/mol. The van der Waals surface area contributed by atoms with Gasteiger partial charge in [0.2, 0.25) is 5.95 Å². The van der Waals surface area contributed by atoms with Gasteiger partial charge >= 0.3 is 0 Å². The van der Waals surface area contributed by atoms with Crippen LogP contribution in [0.5, 0.6) is 0 Å². The molecule has 0 radical (unpaired) electrons. The zero-order chi connectivity index (χ0) is 13.6. The number of aromatic amines is 1. The zero-order valence-electron chi connectivity index (χ0n) is 9.85. The molecule has 9 nitrogen and oxygen atoms in total. The maximum atomic E-state index is 11.7. The molecule has 1 aliphatic heterocycles. The number of rotatable bonds is 2. The standard InChI is InChI=1S/C10H13N5O4/c11-10-12-8-4(9(18)13-10)2-15(14-8)7-1-5(17)6(3-16)19-7/h2,5-7,16-17H,1,3H2,(H3,11,12,13,14,18)/t5?,6-,7-/m1/s1. The van der Waals surface area contributed by atoms with Crippen LogP contribution in [0, 0.1) is 0 Å². The Morgan fingerprint density at radius 1 is 1.63 bits per heavy atom. The number of anilines is 1. The van der Waals surface area contributed by atoms with E-state index in [1.807, 2.05) is 0 Å². The number of hydrogen-bond acceptors (Lipinski definition) is 7. The van der Waals surface area contributed by atoms with Gasteiger partial charge in [-0.15, -0.1) is 5.10 Å². The maximum Gasteiger partial charge on any atom is 0.263 e. The highest BCUT2D eigenvalue weighted by Gasteiger charge is 2.35. The molecule has 0 aromatic carbocycles. The van der Waals surface area contributed by atoms with Gasteiger partial charge < -0.3 is 20.7 Å². The Balaban J connectivity index is 1.99. The van der Waals surface area contributed by atoms with E-state index in [0.717, 1.165) is 0 Å². The van der Waals surface area contributed by atoms with Gasteiger partial charge in [0.15, 0.2) is 11.9 Å². The Bertz CT molecular complexity index is 665. The number of hydrogen-bond donors (Lipinski definition) is 4. The lowest BCUT2D eigenvalue weighted by Gasteiger charge is -2.11. The van der Waals surface area contributed by atoms with E-state index in [9.17, 15) is 9.90 Å².